The van der Waals surface area contributed by atoms with Gasteiger partial charge in [-0.3, -0.25) is 9.59 Å². The van der Waals surface area contributed by atoms with Crippen molar-refractivity contribution in [1.29, 1.82) is 0 Å². The Hall–Kier alpha value is -3.61. The number of anilines is 1. The molecule has 1 heterocycles. The zero-order valence-corrected chi connectivity index (χ0v) is 17.4. The number of likely N-dealkylation sites (N-methyl/N-ethyl adjacent to an activating group) is 1. The van der Waals surface area contributed by atoms with E-state index in [4.69, 9.17) is 4.74 Å². The monoisotopic (exact) mass is 409 g/mol. The lowest BCUT2D eigenvalue weighted by Crippen LogP contribution is -2.35. The molecule has 3 rings (SSSR count). The normalized spacial score (nSPS) is 10.6. The van der Waals surface area contributed by atoms with Crippen LogP contribution >= 0.6 is 0 Å². The van der Waals surface area contributed by atoms with Crippen LogP contribution in [0.5, 0.6) is 5.75 Å². The van der Waals surface area contributed by atoms with E-state index in [0.717, 1.165) is 5.69 Å². The van der Waals surface area contributed by atoms with Crippen LogP contribution in [0.2, 0.25) is 0 Å². The molecular formula is C23H24FN3O3. The summed E-state index contributed by atoms with van der Waals surface area (Å²) < 4.78 is 21.0. The highest BCUT2D eigenvalue weighted by atomic mass is 19.1. The highest BCUT2D eigenvalue weighted by molar-refractivity contribution is 6.00. The number of hydrogen-bond acceptors (Lipinski definition) is 3. The number of aromatic nitrogens is 1. The fourth-order valence-corrected chi connectivity index (χ4v) is 3.35. The summed E-state index contributed by atoms with van der Waals surface area (Å²) in [5.74, 6) is -0.314. The number of carbonyl (C=O) groups excluding carboxylic acids is 2. The third kappa shape index (κ3) is 4.35. The third-order valence-electron chi connectivity index (χ3n) is 4.86. The van der Waals surface area contributed by atoms with Crippen molar-refractivity contribution in [2.75, 3.05) is 26.0 Å². The summed E-state index contributed by atoms with van der Waals surface area (Å²) in [6.07, 6.45) is 0. The molecule has 0 aliphatic carbocycles. The van der Waals surface area contributed by atoms with Gasteiger partial charge in [-0.05, 0) is 56.3 Å². The summed E-state index contributed by atoms with van der Waals surface area (Å²) in [6.45, 7) is 3.46. The fraction of sp³-hybridized carbons (Fsp3) is 0.217. The highest BCUT2D eigenvalue weighted by Gasteiger charge is 2.22. The van der Waals surface area contributed by atoms with Crippen LogP contribution in [-0.4, -0.2) is 42.0 Å². The van der Waals surface area contributed by atoms with Gasteiger partial charge in [0.2, 0.25) is 5.91 Å². The number of nitrogens with zero attached hydrogens (tertiary/aromatic N) is 2. The Morgan fingerprint density at radius 2 is 1.77 bits per heavy atom. The second-order valence-electron chi connectivity index (χ2n) is 7.01. The number of amides is 2. The zero-order chi connectivity index (χ0) is 21.8. The lowest BCUT2D eigenvalue weighted by Gasteiger charge is -2.17. The molecule has 0 aliphatic rings. The van der Waals surface area contributed by atoms with Crippen molar-refractivity contribution >= 4 is 17.5 Å². The van der Waals surface area contributed by atoms with E-state index >= 15 is 0 Å². The fourth-order valence-electron chi connectivity index (χ4n) is 3.35. The van der Waals surface area contributed by atoms with Crippen molar-refractivity contribution in [3.63, 3.8) is 0 Å². The van der Waals surface area contributed by atoms with E-state index in [1.54, 1.807) is 74.2 Å². The summed E-state index contributed by atoms with van der Waals surface area (Å²) in [7, 11) is 3.13. The third-order valence-corrected chi connectivity index (χ3v) is 4.86. The molecule has 30 heavy (non-hydrogen) atoms. The minimum atomic E-state index is -0.370. The predicted molar refractivity (Wildman–Crippen MR) is 114 cm³/mol. The largest absolute Gasteiger partial charge is 0.497 e. The molecule has 0 radical (unpaired) electrons. The molecular weight excluding hydrogens is 385 g/mol. The minimum absolute atomic E-state index is 0.117. The summed E-state index contributed by atoms with van der Waals surface area (Å²) >= 11 is 0. The standard InChI is InChI=1S/C23H24FN3O3/c1-15-13-19(16(2)27(15)21-8-6-5-7-20(21)24)23(29)26(3)14-22(28)25-17-9-11-18(30-4)12-10-17/h5-13H,14H2,1-4H3,(H,25,28). The van der Waals surface area contributed by atoms with E-state index in [9.17, 15) is 14.0 Å². The lowest BCUT2D eigenvalue weighted by atomic mass is 10.2. The van der Waals surface area contributed by atoms with Crippen LogP contribution in [0.15, 0.2) is 54.6 Å². The van der Waals surface area contributed by atoms with Gasteiger partial charge in [-0.25, -0.2) is 4.39 Å². The van der Waals surface area contributed by atoms with E-state index in [-0.39, 0.29) is 24.2 Å². The Morgan fingerprint density at radius 3 is 2.40 bits per heavy atom. The Morgan fingerprint density at radius 1 is 1.10 bits per heavy atom. The quantitative estimate of drug-likeness (QED) is 0.671. The average molecular weight is 409 g/mol. The van der Waals surface area contributed by atoms with Crippen LogP contribution in [0.25, 0.3) is 5.69 Å². The van der Waals surface area contributed by atoms with Crippen LogP contribution in [0.1, 0.15) is 21.7 Å². The van der Waals surface area contributed by atoms with Crippen molar-refractivity contribution in [1.82, 2.24) is 9.47 Å². The van der Waals surface area contributed by atoms with Gasteiger partial charge < -0.3 is 19.5 Å². The summed E-state index contributed by atoms with van der Waals surface area (Å²) in [4.78, 5) is 26.6. The maximum Gasteiger partial charge on any atom is 0.255 e. The number of rotatable bonds is 6. The molecule has 7 heteroatoms. The van der Waals surface area contributed by atoms with Crippen LogP contribution in [0.3, 0.4) is 0 Å². The smallest absolute Gasteiger partial charge is 0.255 e. The summed E-state index contributed by atoms with van der Waals surface area (Å²) in [5, 5.41) is 2.75. The van der Waals surface area contributed by atoms with Gasteiger partial charge in [-0.15, -0.1) is 0 Å². The number of carbonyl (C=O) groups is 2. The Kier molecular flexibility index (Phi) is 6.20. The molecule has 0 aliphatic heterocycles. The zero-order valence-electron chi connectivity index (χ0n) is 17.4. The second-order valence-corrected chi connectivity index (χ2v) is 7.01. The van der Waals surface area contributed by atoms with E-state index in [0.29, 0.717) is 28.4 Å². The highest BCUT2D eigenvalue weighted by Crippen LogP contribution is 2.23. The number of benzene rings is 2. The molecule has 2 amide bonds. The number of halogens is 1. The van der Waals surface area contributed by atoms with Gasteiger partial charge in [0, 0.05) is 24.1 Å². The van der Waals surface area contributed by atoms with Gasteiger partial charge in [0.05, 0.1) is 24.9 Å². The topological polar surface area (TPSA) is 63.6 Å². The van der Waals surface area contributed by atoms with Crippen LogP contribution in [0.4, 0.5) is 10.1 Å². The maximum absolute atomic E-state index is 14.3. The summed E-state index contributed by atoms with van der Waals surface area (Å²) in [6, 6.07) is 15.0. The van der Waals surface area contributed by atoms with Crippen LogP contribution < -0.4 is 10.1 Å². The van der Waals surface area contributed by atoms with Crippen LogP contribution in [0, 0.1) is 19.7 Å². The molecule has 6 nitrogen and oxygen atoms in total. The van der Waals surface area contributed by atoms with E-state index in [1.807, 2.05) is 6.92 Å². The first-order valence-corrected chi connectivity index (χ1v) is 9.45. The minimum Gasteiger partial charge on any atom is -0.497 e. The average Bonchev–Trinajstić information content (AvgIpc) is 3.02. The number of nitrogens with one attached hydrogen (secondary N) is 1. The first-order valence-electron chi connectivity index (χ1n) is 9.45. The predicted octanol–water partition coefficient (Wildman–Crippen LogP) is 3.95. The molecule has 0 bridgehead atoms. The van der Waals surface area contributed by atoms with Gasteiger partial charge in [-0.2, -0.15) is 0 Å². The number of methoxy groups -OCH3 is 1. The van der Waals surface area contributed by atoms with E-state index in [2.05, 4.69) is 5.32 Å². The molecule has 0 spiro atoms. The number of hydrogen-bond donors (Lipinski definition) is 1. The first-order chi connectivity index (χ1) is 14.3. The van der Waals surface area contributed by atoms with Gasteiger partial charge in [0.1, 0.15) is 11.6 Å². The molecule has 0 fully saturated rings. The van der Waals surface area contributed by atoms with Gasteiger partial charge in [-0.1, -0.05) is 12.1 Å². The van der Waals surface area contributed by atoms with Gasteiger partial charge in [0.25, 0.3) is 5.91 Å². The molecule has 1 aromatic heterocycles. The van der Waals surface area contributed by atoms with Crippen molar-refractivity contribution in [3.05, 3.63) is 77.4 Å². The van der Waals surface area contributed by atoms with Gasteiger partial charge in [0.15, 0.2) is 0 Å². The molecule has 0 atom stereocenters. The van der Waals surface area contributed by atoms with Crippen molar-refractivity contribution in [2.45, 2.75) is 13.8 Å². The summed E-state index contributed by atoms with van der Waals surface area (Å²) in [5.41, 5.74) is 2.77. The van der Waals surface area contributed by atoms with Crippen molar-refractivity contribution in [3.8, 4) is 11.4 Å². The van der Waals surface area contributed by atoms with E-state index < -0.39 is 0 Å². The molecule has 3 aromatic rings. The Labute approximate surface area is 174 Å². The maximum atomic E-state index is 14.3. The molecule has 156 valence electrons. The lowest BCUT2D eigenvalue weighted by molar-refractivity contribution is -0.116. The number of aryl methyl sites for hydroxylation is 1. The molecule has 0 saturated carbocycles. The van der Waals surface area contributed by atoms with Crippen LogP contribution in [-0.2, 0) is 4.79 Å². The van der Waals surface area contributed by atoms with Crippen molar-refractivity contribution < 1.29 is 18.7 Å². The van der Waals surface area contributed by atoms with E-state index in [1.165, 1.54) is 11.0 Å². The number of para-hydroxylation sites is 1. The molecule has 0 saturated heterocycles. The molecule has 0 unspecified atom stereocenters. The van der Waals surface area contributed by atoms with Gasteiger partial charge >= 0.3 is 0 Å². The second kappa shape index (κ2) is 8.82. The Bertz CT molecular complexity index is 1070. The first kappa shape index (κ1) is 21.1. The molecule has 1 N–H and O–H groups in total. The SMILES string of the molecule is COc1ccc(NC(=O)CN(C)C(=O)c2cc(C)n(-c3ccccc3F)c2C)cc1. The Balaban J connectivity index is 1.73. The van der Waals surface area contributed by atoms with Crippen molar-refractivity contribution in [2.24, 2.45) is 0 Å². The molecule has 2 aromatic carbocycles. The number of ether oxygens (including phenoxy) is 1.